The molecule has 0 saturated heterocycles. The lowest BCUT2D eigenvalue weighted by Crippen LogP contribution is -2.26. The van der Waals surface area contributed by atoms with Crippen LogP contribution < -0.4 is 10.2 Å². The maximum absolute atomic E-state index is 13.6. The van der Waals surface area contributed by atoms with Gasteiger partial charge in [0.2, 0.25) is 5.95 Å². The van der Waals surface area contributed by atoms with E-state index in [4.69, 9.17) is 0 Å². The highest BCUT2D eigenvalue weighted by Gasteiger charge is 2.14. The molecule has 0 unspecified atom stereocenters. The van der Waals surface area contributed by atoms with Gasteiger partial charge in [0.05, 0.1) is 5.56 Å². The van der Waals surface area contributed by atoms with E-state index >= 15 is 0 Å². The largest absolute Gasteiger partial charge is 0.354 e. The lowest BCUT2D eigenvalue weighted by atomic mass is 10.1. The van der Waals surface area contributed by atoms with Gasteiger partial charge < -0.3 is 10.2 Å². The number of benzene rings is 2. The Balaban J connectivity index is 1.58. The third kappa shape index (κ3) is 4.22. The minimum atomic E-state index is -0.222. The molecular formula is C20H19FN4O. The van der Waals surface area contributed by atoms with Gasteiger partial charge in [-0.15, -0.1) is 0 Å². The smallest absolute Gasteiger partial charge is 0.261 e. The van der Waals surface area contributed by atoms with Gasteiger partial charge in [0.1, 0.15) is 5.82 Å². The number of halogens is 1. The van der Waals surface area contributed by atoms with Crippen LogP contribution in [0.2, 0.25) is 0 Å². The van der Waals surface area contributed by atoms with Gasteiger partial charge in [-0.1, -0.05) is 36.4 Å². The molecule has 0 atom stereocenters. The molecule has 1 amide bonds. The van der Waals surface area contributed by atoms with Crippen LogP contribution in [0, 0.1) is 5.82 Å². The van der Waals surface area contributed by atoms with Crippen molar-refractivity contribution in [2.45, 2.75) is 6.42 Å². The minimum Gasteiger partial charge on any atom is -0.354 e. The molecule has 0 bridgehead atoms. The quantitative estimate of drug-likeness (QED) is 0.739. The number of nitrogens with zero attached hydrogens (tertiary/aromatic N) is 3. The number of hydrogen-bond acceptors (Lipinski definition) is 4. The zero-order valence-corrected chi connectivity index (χ0v) is 14.4. The van der Waals surface area contributed by atoms with Crippen LogP contribution in [0.15, 0.2) is 67.0 Å². The first-order chi connectivity index (χ1) is 12.6. The zero-order chi connectivity index (χ0) is 18.4. The fourth-order valence-electron chi connectivity index (χ4n) is 2.50. The molecule has 0 aliphatic heterocycles. The maximum Gasteiger partial charge on any atom is 0.261 e. The standard InChI is InChI=1S/C20H19FN4O/c1-25(17-8-3-2-4-9-17)19(26)16-13-23-20(24-14-16)22-12-11-15-7-5-6-10-18(15)21/h2-10,13-14H,11-12H2,1H3,(H,22,23,24). The van der Waals surface area contributed by atoms with E-state index in [1.54, 1.807) is 30.1 Å². The molecule has 1 aromatic heterocycles. The van der Waals surface area contributed by atoms with Crippen molar-refractivity contribution >= 4 is 17.5 Å². The first kappa shape index (κ1) is 17.5. The monoisotopic (exact) mass is 350 g/mol. The number of nitrogens with one attached hydrogen (secondary N) is 1. The lowest BCUT2D eigenvalue weighted by molar-refractivity contribution is 0.0992. The Labute approximate surface area is 151 Å². The molecule has 2 aromatic carbocycles. The fourth-order valence-corrected chi connectivity index (χ4v) is 2.50. The number of anilines is 2. The second kappa shape index (κ2) is 8.20. The summed E-state index contributed by atoms with van der Waals surface area (Å²) in [7, 11) is 1.71. The number of carbonyl (C=O) groups excluding carboxylic acids is 1. The molecule has 6 heteroatoms. The minimum absolute atomic E-state index is 0.186. The Bertz CT molecular complexity index is 868. The molecule has 26 heavy (non-hydrogen) atoms. The van der Waals surface area contributed by atoms with Crippen molar-refractivity contribution in [1.82, 2.24) is 9.97 Å². The predicted molar refractivity (Wildman–Crippen MR) is 99.8 cm³/mol. The topological polar surface area (TPSA) is 58.1 Å². The van der Waals surface area contributed by atoms with E-state index in [0.29, 0.717) is 30.0 Å². The molecule has 0 aliphatic rings. The van der Waals surface area contributed by atoms with Gasteiger partial charge in [-0.3, -0.25) is 4.79 Å². The van der Waals surface area contributed by atoms with Gasteiger partial charge in [0.25, 0.3) is 5.91 Å². The van der Waals surface area contributed by atoms with Gasteiger partial charge >= 0.3 is 0 Å². The van der Waals surface area contributed by atoms with Crippen molar-refractivity contribution in [3.63, 3.8) is 0 Å². The molecule has 5 nitrogen and oxygen atoms in total. The molecule has 0 aliphatic carbocycles. The normalized spacial score (nSPS) is 10.4. The van der Waals surface area contributed by atoms with Crippen molar-refractivity contribution in [1.29, 1.82) is 0 Å². The number of aromatic nitrogens is 2. The molecule has 0 spiro atoms. The van der Waals surface area contributed by atoms with Crippen LogP contribution in [0.4, 0.5) is 16.0 Å². The summed E-state index contributed by atoms with van der Waals surface area (Å²) in [6.45, 7) is 0.498. The number of para-hydroxylation sites is 1. The van der Waals surface area contributed by atoms with Crippen LogP contribution >= 0.6 is 0 Å². The zero-order valence-electron chi connectivity index (χ0n) is 14.4. The molecule has 3 rings (SSSR count). The second-order valence-electron chi connectivity index (χ2n) is 5.76. The molecule has 132 valence electrons. The summed E-state index contributed by atoms with van der Waals surface area (Å²) in [5.41, 5.74) is 1.83. The molecule has 3 aromatic rings. The highest BCUT2D eigenvalue weighted by Crippen LogP contribution is 2.14. The van der Waals surface area contributed by atoms with Gasteiger partial charge in [-0.05, 0) is 30.2 Å². The summed E-state index contributed by atoms with van der Waals surface area (Å²) < 4.78 is 13.6. The van der Waals surface area contributed by atoms with Crippen LogP contribution in [0.5, 0.6) is 0 Å². The Hall–Kier alpha value is -3.28. The Kier molecular flexibility index (Phi) is 5.53. The summed E-state index contributed by atoms with van der Waals surface area (Å²) in [6.07, 6.45) is 3.49. The van der Waals surface area contributed by atoms with Gasteiger partial charge in [-0.25, -0.2) is 14.4 Å². The SMILES string of the molecule is CN(C(=O)c1cnc(NCCc2ccccc2F)nc1)c1ccccc1. The highest BCUT2D eigenvalue weighted by molar-refractivity contribution is 6.05. The van der Waals surface area contributed by atoms with Crippen molar-refractivity contribution < 1.29 is 9.18 Å². The highest BCUT2D eigenvalue weighted by atomic mass is 19.1. The third-order valence-corrected chi connectivity index (χ3v) is 3.98. The third-order valence-electron chi connectivity index (χ3n) is 3.98. The van der Waals surface area contributed by atoms with E-state index in [1.807, 2.05) is 30.3 Å². The van der Waals surface area contributed by atoms with Gasteiger partial charge in [0.15, 0.2) is 0 Å². The maximum atomic E-state index is 13.6. The van der Waals surface area contributed by atoms with E-state index in [9.17, 15) is 9.18 Å². The Morgan fingerprint density at radius 1 is 1.04 bits per heavy atom. The Morgan fingerprint density at radius 2 is 1.69 bits per heavy atom. The summed E-state index contributed by atoms with van der Waals surface area (Å²) in [4.78, 5) is 22.4. The number of carbonyl (C=O) groups is 1. The predicted octanol–water partition coefficient (Wildman–Crippen LogP) is 3.55. The van der Waals surface area contributed by atoms with E-state index in [2.05, 4.69) is 15.3 Å². The van der Waals surface area contributed by atoms with Crippen LogP contribution in [-0.2, 0) is 6.42 Å². The van der Waals surface area contributed by atoms with E-state index in [1.165, 1.54) is 18.5 Å². The molecular weight excluding hydrogens is 331 g/mol. The number of rotatable bonds is 6. The van der Waals surface area contributed by atoms with Crippen molar-refractivity contribution in [3.8, 4) is 0 Å². The summed E-state index contributed by atoms with van der Waals surface area (Å²) >= 11 is 0. The van der Waals surface area contributed by atoms with Crippen LogP contribution in [0.3, 0.4) is 0 Å². The van der Waals surface area contributed by atoms with E-state index in [-0.39, 0.29) is 11.7 Å². The average Bonchev–Trinajstić information content (AvgIpc) is 2.69. The fraction of sp³-hybridized carbons (Fsp3) is 0.150. The molecule has 0 saturated carbocycles. The van der Waals surface area contributed by atoms with Gasteiger partial charge in [0, 0.05) is 31.7 Å². The van der Waals surface area contributed by atoms with Crippen LogP contribution in [0.1, 0.15) is 15.9 Å². The number of amides is 1. The second-order valence-corrected chi connectivity index (χ2v) is 5.76. The number of hydrogen-bond donors (Lipinski definition) is 1. The summed E-state index contributed by atoms with van der Waals surface area (Å²) in [5.74, 6) is -0.00512. The van der Waals surface area contributed by atoms with E-state index in [0.717, 1.165) is 5.69 Å². The molecule has 1 heterocycles. The molecule has 0 fully saturated rings. The van der Waals surface area contributed by atoms with Crippen molar-refractivity contribution in [3.05, 3.63) is 83.9 Å². The molecule has 0 radical (unpaired) electrons. The van der Waals surface area contributed by atoms with E-state index < -0.39 is 0 Å². The van der Waals surface area contributed by atoms with Crippen LogP contribution in [0.25, 0.3) is 0 Å². The first-order valence-electron chi connectivity index (χ1n) is 8.27. The molecule has 1 N–H and O–H groups in total. The average molecular weight is 350 g/mol. The van der Waals surface area contributed by atoms with Crippen molar-refractivity contribution in [2.24, 2.45) is 0 Å². The van der Waals surface area contributed by atoms with Crippen LogP contribution in [-0.4, -0.2) is 29.5 Å². The first-order valence-corrected chi connectivity index (χ1v) is 8.27. The lowest BCUT2D eigenvalue weighted by Gasteiger charge is -2.17. The Morgan fingerprint density at radius 3 is 2.38 bits per heavy atom. The summed E-state index contributed by atoms with van der Waals surface area (Å²) in [5, 5.41) is 3.03. The van der Waals surface area contributed by atoms with Gasteiger partial charge in [-0.2, -0.15) is 0 Å². The van der Waals surface area contributed by atoms with Crippen molar-refractivity contribution in [2.75, 3.05) is 23.8 Å². The summed E-state index contributed by atoms with van der Waals surface area (Å²) in [6, 6.07) is 16.0.